The van der Waals surface area contributed by atoms with Gasteiger partial charge in [0.2, 0.25) is 0 Å². The van der Waals surface area contributed by atoms with Gasteiger partial charge in [0.1, 0.15) is 0 Å². The Hall–Kier alpha value is -1.02. The number of hydrogen-bond acceptors (Lipinski definition) is 2. The van der Waals surface area contributed by atoms with E-state index < -0.39 is 0 Å². The van der Waals surface area contributed by atoms with Crippen LogP contribution in [0, 0.1) is 19.8 Å². The summed E-state index contributed by atoms with van der Waals surface area (Å²) in [5.74, 6) is 0.946. The van der Waals surface area contributed by atoms with Crippen LogP contribution in [0.5, 0.6) is 0 Å². The first kappa shape index (κ1) is 14.9. The zero-order valence-electron chi connectivity index (χ0n) is 13.7. The normalized spacial score (nSPS) is 23.7. The fourth-order valence-corrected chi connectivity index (χ4v) is 3.85. The molecule has 2 heteroatoms. The van der Waals surface area contributed by atoms with Crippen LogP contribution in [0.1, 0.15) is 49.7 Å². The molecule has 0 aromatic heterocycles. The highest BCUT2D eigenvalue weighted by Crippen LogP contribution is 2.25. The van der Waals surface area contributed by atoms with Crippen molar-refractivity contribution in [2.45, 2.75) is 58.4 Å². The van der Waals surface area contributed by atoms with Gasteiger partial charge in [-0.05, 0) is 75.3 Å². The minimum Gasteiger partial charge on any atom is -0.370 e. The van der Waals surface area contributed by atoms with E-state index in [0.29, 0.717) is 6.04 Å². The number of aryl methyl sites for hydroxylation is 2. The van der Waals surface area contributed by atoms with Crippen LogP contribution in [-0.4, -0.2) is 25.7 Å². The highest BCUT2D eigenvalue weighted by Gasteiger charge is 2.22. The molecule has 1 aromatic carbocycles. The predicted octanol–water partition coefficient (Wildman–Crippen LogP) is 4.05. The van der Waals surface area contributed by atoms with Crippen LogP contribution in [0.25, 0.3) is 0 Å². The molecule has 1 saturated heterocycles. The zero-order chi connectivity index (χ0) is 14.7. The van der Waals surface area contributed by atoms with Crippen molar-refractivity contribution in [1.82, 2.24) is 5.32 Å². The van der Waals surface area contributed by atoms with Gasteiger partial charge in [-0.3, -0.25) is 0 Å². The monoisotopic (exact) mass is 286 g/mol. The maximum absolute atomic E-state index is 3.85. The van der Waals surface area contributed by atoms with Crippen LogP contribution in [-0.2, 0) is 0 Å². The molecule has 0 spiro atoms. The molecule has 1 aromatic rings. The third-order valence-electron chi connectivity index (χ3n) is 5.45. The molecule has 116 valence electrons. The van der Waals surface area contributed by atoms with E-state index in [9.17, 15) is 0 Å². The lowest BCUT2D eigenvalue weighted by molar-refractivity contribution is 0.383. The first-order valence-electron chi connectivity index (χ1n) is 8.78. The summed E-state index contributed by atoms with van der Waals surface area (Å²) in [6.07, 6.45) is 8.45. The molecule has 1 unspecified atom stereocenters. The largest absolute Gasteiger partial charge is 0.370 e. The molecule has 1 heterocycles. The lowest BCUT2D eigenvalue weighted by Gasteiger charge is -2.35. The summed E-state index contributed by atoms with van der Waals surface area (Å²) in [5.41, 5.74) is 4.21. The highest BCUT2D eigenvalue weighted by molar-refractivity contribution is 5.51. The molecule has 3 rings (SSSR count). The number of piperidine rings is 1. The third kappa shape index (κ3) is 3.79. The Morgan fingerprint density at radius 2 is 1.86 bits per heavy atom. The molecule has 1 saturated carbocycles. The Morgan fingerprint density at radius 1 is 1.05 bits per heavy atom. The smallest absolute Gasteiger partial charge is 0.0369 e. The summed E-state index contributed by atoms with van der Waals surface area (Å²) in [4.78, 5) is 2.57. The first-order valence-corrected chi connectivity index (χ1v) is 8.78. The summed E-state index contributed by atoms with van der Waals surface area (Å²) < 4.78 is 0. The average molecular weight is 286 g/mol. The molecule has 0 bridgehead atoms. The van der Waals surface area contributed by atoms with Gasteiger partial charge >= 0.3 is 0 Å². The molecule has 2 fully saturated rings. The highest BCUT2D eigenvalue weighted by atomic mass is 15.2. The fraction of sp³-hybridized carbons (Fsp3) is 0.684. The van der Waals surface area contributed by atoms with Crippen molar-refractivity contribution in [1.29, 1.82) is 0 Å². The molecule has 0 amide bonds. The summed E-state index contributed by atoms with van der Waals surface area (Å²) in [7, 11) is 0. The van der Waals surface area contributed by atoms with Crippen molar-refractivity contribution in [2.24, 2.45) is 5.92 Å². The van der Waals surface area contributed by atoms with E-state index in [-0.39, 0.29) is 0 Å². The standard InChI is InChI=1S/C19H30N2/c1-15-9-10-19(12-16(15)2)21-11-5-8-18(14-21)20-13-17-6-3-4-7-17/h9-10,12,17-18,20H,3-8,11,13-14H2,1-2H3. The molecule has 1 atom stereocenters. The van der Waals surface area contributed by atoms with Gasteiger partial charge in [-0.1, -0.05) is 18.9 Å². The number of nitrogens with zero attached hydrogens (tertiary/aromatic N) is 1. The molecule has 1 aliphatic heterocycles. The third-order valence-corrected chi connectivity index (χ3v) is 5.45. The van der Waals surface area contributed by atoms with Crippen LogP contribution in [0.15, 0.2) is 18.2 Å². The van der Waals surface area contributed by atoms with E-state index in [4.69, 9.17) is 0 Å². The van der Waals surface area contributed by atoms with Gasteiger partial charge in [0.25, 0.3) is 0 Å². The van der Waals surface area contributed by atoms with Gasteiger partial charge in [-0.25, -0.2) is 0 Å². The zero-order valence-corrected chi connectivity index (χ0v) is 13.7. The summed E-state index contributed by atoms with van der Waals surface area (Å²) in [6, 6.07) is 7.59. The Labute approximate surface area is 129 Å². The number of nitrogens with one attached hydrogen (secondary N) is 1. The van der Waals surface area contributed by atoms with Crippen molar-refractivity contribution in [3.8, 4) is 0 Å². The Morgan fingerprint density at radius 3 is 2.62 bits per heavy atom. The second-order valence-corrected chi connectivity index (χ2v) is 7.11. The summed E-state index contributed by atoms with van der Waals surface area (Å²) in [5, 5.41) is 3.85. The molecule has 2 nitrogen and oxygen atoms in total. The summed E-state index contributed by atoms with van der Waals surface area (Å²) in [6.45, 7) is 8.05. The minimum absolute atomic E-state index is 0.681. The molecular formula is C19H30N2. The molecule has 21 heavy (non-hydrogen) atoms. The van der Waals surface area contributed by atoms with Crippen LogP contribution >= 0.6 is 0 Å². The van der Waals surface area contributed by atoms with Crippen molar-refractivity contribution < 1.29 is 0 Å². The molecule has 1 aliphatic carbocycles. The molecule has 0 radical (unpaired) electrons. The van der Waals surface area contributed by atoms with Gasteiger partial charge < -0.3 is 10.2 Å². The van der Waals surface area contributed by atoms with E-state index in [1.54, 1.807) is 0 Å². The van der Waals surface area contributed by atoms with Crippen molar-refractivity contribution in [3.63, 3.8) is 0 Å². The number of benzene rings is 1. The van der Waals surface area contributed by atoms with Crippen LogP contribution in [0.4, 0.5) is 5.69 Å². The van der Waals surface area contributed by atoms with Crippen LogP contribution in [0.2, 0.25) is 0 Å². The lowest BCUT2D eigenvalue weighted by atomic mass is 10.0. The minimum atomic E-state index is 0.681. The average Bonchev–Trinajstić information content (AvgIpc) is 3.02. The van der Waals surface area contributed by atoms with Crippen LogP contribution in [0.3, 0.4) is 0 Å². The Balaban J connectivity index is 1.55. The maximum Gasteiger partial charge on any atom is 0.0369 e. The van der Waals surface area contributed by atoms with E-state index in [1.165, 1.54) is 75.0 Å². The lowest BCUT2D eigenvalue weighted by Crippen LogP contribution is -2.46. The first-order chi connectivity index (χ1) is 10.2. The van der Waals surface area contributed by atoms with Gasteiger partial charge in [-0.2, -0.15) is 0 Å². The SMILES string of the molecule is Cc1ccc(N2CCCC(NCC3CCCC3)C2)cc1C. The molecule has 1 N–H and O–H groups in total. The van der Waals surface area contributed by atoms with Gasteiger partial charge in [0.05, 0.1) is 0 Å². The van der Waals surface area contributed by atoms with Crippen molar-refractivity contribution in [3.05, 3.63) is 29.3 Å². The second-order valence-electron chi connectivity index (χ2n) is 7.11. The van der Waals surface area contributed by atoms with Gasteiger partial charge in [0, 0.05) is 24.8 Å². The quantitative estimate of drug-likeness (QED) is 0.898. The maximum atomic E-state index is 3.85. The van der Waals surface area contributed by atoms with E-state index in [0.717, 1.165) is 5.92 Å². The Bertz CT molecular complexity index is 463. The molecular weight excluding hydrogens is 256 g/mol. The number of hydrogen-bond donors (Lipinski definition) is 1. The van der Waals surface area contributed by atoms with E-state index in [1.807, 2.05) is 0 Å². The number of rotatable bonds is 4. The van der Waals surface area contributed by atoms with Gasteiger partial charge in [0.15, 0.2) is 0 Å². The Kier molecular flexibility index (Phi) is 4.84. The second kappa shape index (κ2) is 6.83. The van der Waals surface area contributed by atoms with E-state index in [2.05, 4.69) is 42.3 Å². The van der Waals surface area contributed by atoms with Gasteiger partial charge in [-0.15, -0.1) is 0 Å². The van der Waals surface area contributed by atoms with Crippen molar-refractivity contribution >= 4 is 5.69 Å². The van der Waals surface area contributed by atoms with E-state index >= 15 is 0 Å². The predicted molar refractivity (Wildman–Crippen MR) is 91.1 cm³/mol. The summed E-state index contributed by atoms with van der Waals surface area (Å²) >= 11 is 0. The molecule has 2 aliphatic rings. The van der Waals surface area contributed by atoms with Crippen molar-refractivity contribution in [2.75, 3.05) is 24.5 Å². The van der Waals surface area contributed by atoms with Crippen LogP contribution < -0.4 is 10.2 Å². The topological polar surface area (TPSA) is 15.3 Å². The number of anilines is 1. The fourth-order valence-electron chi connectivity index (χ4n) is 3.85.